The second-order valence-corrected chi connectivity index (χ2v) is 6.18. The zero-order chi connectivity index (χ0) is 20.6. The standard InChI is InChI=1S/C24H21NO4/c1-28-21-14-12-17(16-22(21)29-2)13-15-23(26)25-20-11-7-6-10-19(20)24(27)18-8-4-3-5-9-18/h3-16H,1-2H3,(H,25,26)/b15-13+. The van der Waals surface area contributed by atoms with Gasteiger partial charge in [0.2, 0.25) is 5.91 Å². The zero-order valence-electron chi connectivity index (χ0n) is 16.2. The van der Waals surface area contributed by atoms with Gasteiger partial charge in [0.05, 0.1) is 19.9 Å². The molecule has 0 fully saturated rings. The number of hydrogen-bond acceptors (Lipinski definition) is 4. The van der Waals surface area contributed by atoms with Crippen LogP contribution in [0.25, 0.3) is 6.08 Å². The number of ketones is 1. The highest BCUT2D eigenvalue weighted by Gasteiger charge is 2.14. The van der Waals surface area contributed by atoms with Crippen molar-refractivity contribution >= 4 is 23.5 Å². The lowest BCUT2D eigenvalue weighted by atomic mass is 10.0. The van der Waals surface area contributed by atoms with Crippen molar-refractivity contribution in [2.75, 3.05) is 19.5 Å². The molecule has 0 aliphatic carbocycles. The lowest BCUT2D eigenvalue weighted by Gasteiger charge is -2.09. The summed E-state index contributed by atoms with van der Waals surface area (Å²) in [4.78, 5) is 25.2. The molecule has 0 bridgehead atoms. The fourth-order valence-electron chi connectivity index (χ4n) is 2.84. The molecule has 0 unspecified atom stereocenters. The van der Waals surface area contributed by atoms with Crippen LogP contribution in [0.5, 0.6) is 11.5 Å². The summed E-state index contributed by atoms with van der Waals surface area (Å²) in [5.74, 6) is 0.704. The van der Waals surface area contributed by atoms with Gasteiger partial charge in [0.15, 0.2) is 17.3 Å². The summed E-state index contributed by atoms with van der Waals surface area (Å²) in [6.07, 6.45) is 3.07. The Morgan fingerprint density at radius 3 is 2.24 bits per heavy atom. The van der Waals surface area contributed by atoms with Crippen molar-refractivity contribution in [3.05, 3.63) is 95.6 Å². The summed E-state index contributed by atoms with van der Waals surface area (Å²) in [6.45, 7) is 0. The number of para-hydroxylation sites is 1. The van der Waals surface area contributed by atoms with Gasteiger partial charge < -0.3 is 14.8 Å². The van der Waals surface area contributed by atoms with Crippen LogP contribution >= 0.6 is 0 Å². The molecule has 0 aliphatic heterocycles. The summed E-state index contributed by atoms with van der Waals surface area (Å²) < 4.78 is 10.5. The van der Waals surface area contributed by atoms with Crippen molar-refractivity contribution in [2.45, 2.75) is 0 Å². The lowest BCUT2D eigenvalue weighted by molar-refractivity contribution is -0.111. The van der Waals surface area contributed by atoms with Gasteiger partial charge in [-0.25, -0.2) is 0 Å². The van der Waals surface area contributed by atoms with Gasteiger partial charge in [0, 0.05) is 17.2 Å². The molecule has 0 radical (unpaired) electrons. The number of rotatable bonds is 7. The van der Waals surface area contributed by atoms with E-state index in [0.29, 0.717) is 28.3 Å². The minimum atomic E-state index is -0.340. The summed E-state index contributed by atoms with van der Waals surface area (Å²) in [7, 11) is 3.12. The Labute approximate surface area is 169 Å². The predicted octanol–water partition coefficient (Wildman–Crippen LogP) is 4.59. The first-order valence-electron chi connectivity index (χ1n) is 9.02. The van der Waals surface area contributed by atoms with Gasteiger partial charge in [0.25, 0.3) is 0 Å². The monoisotopic (exact) mass is 387 g/mol. The Bertz CT molecular complexity index is 1040. The summed E-state index contributed by atoms with van der Waals surface area (Å²) in [6, 6.07) is 21.3. The largest absolute Gasteiger partial charge is 0.493 e. The molecule has 3 aromatic carbocycles. The van der Waals surface area contributed by atoms with Crippen LogP contribution in [0, 0.1) is 0 Å². The smallest absolute Gasteiger partial charge is 0.248 e. The normalized spacial score (nSPS) is 10.6. The van der Waals surface area contributed by atoms with E-state index >= 15 is 0 Å². The molecule has 146 valence electrons. The highest BCUT2D eigenvalue weighted by Crippen LogP contribution is 2.28. The maximum absolute atomic E-state index is 12.8. The molecule has 0 atom stereocenters. The first-order chi connectivity index (χ1) is 14.1. The van der Waals surface area contributed by atoms with Crippen LogP contribution in [0.2, 0.25) is 0 Å². The molecule has 0 heterocycles. The van der Waals surface area contributed by atoms with Gasteiger partial charge in [-0.3, -0.25) is 9.59 Å². The molecule has 0 spiro atoms. The number of hydrogen-bond donors (Lipinski definition) is 1. The van der Waals surface area contributed by atoms with Crippen LogP contribution in [0.3, 0.4) is 0 Å². The molecule has 29 heavy (non-hydrogen) atoms. The summed E-state index contributed by atoms with van der Waals surface area (Å²) >= 11 is 0. The van der Waals surface area contributed by atoms with Crippen LogP contribution in [-0.4, -0.2) is 25.9 Å². The van der Waals surface area contributed by atoms with Crippen LogP contribution in [0.4, 0.5) is 5.69 Å². The van der Waals surface area contributed by atoms with Crippen LogP contribution in [-0.2, 0) is 4.79 Å². The minimum Gasteiger partial charge on any atom is -0.493 e. The van der Waals surface area contributed by atoms with Crippen molar-refractivity contribution in [3.8, 4) is 11.5 Å². The SMILES string of the molecule is COc1ccc(/C=C/C(=O)Nc2ccccc2C(=O)c2ccccc2)cc1OC. The number of anilines is 1. The van der Waals surface area contributed by atoms with Gasteiger partial charge in [-0.05, 0) is 35.9 Å². The van der Waals surface area contributed by atoms with Crippen molar-refractivity contribution in [1.29, 1.82) is 0 Å². The number of nitrogens with one attached hydrogen (secondary N) is 1. The van der Waals surface area contributed by atoms with E-state index in [0.717, 1.165) is 5.56 Å². The third-order valence-corrected chi connectivity index (χ3v) is 4.30. The van der Waals surface area contributed by atoms with Crippen molar-refractivity contribution in [2.24, 2.45) is 0 Å². The van der Waals surface area contributed by atoms with E-state index in [4.69, 9.17) is 9.47 Å². The van der Waals surface area contributed by atoms with Gasteiger partial charge >= 0.3 is 0 Å². The van der Waals surface area contributed by atoms with E-state index in [1.807, 2.05) is 12.1 Å². The van der Waals surface area contributed by atoms with E-state index in [1.165, 1.54) is 6.08 Å². The number of carbonyl (C=O) groups is 2. The molecule has 5 nitrogen and oxygen atoms in total. The Morgan fingerprint density at radius 2 is 1.52 bits per heavy atom. The van der Waals surface area contributed by atoms with E-state index < -0.39 is 0 Å². The molecule has 3 aromatic rings. The van der Waals surface area contributed by atoms with E-state index in [2.05, 4.69) is 5.32 Å². The van der Waals surface area contributed by atoms with Crippen molar-refractivity contribution in [1.82, 2.24) is 0 Å². The average molecular weight is 387 g/mol. The van der Waals surface area contributed by atoms with Gasteiger partial charge in [-0.1, -0.05) is 48.5 Å². The lowest BCUT2D eigenvalue weighted by Crippen LogP contribution is -2.12. The molecular weight excluding hydrogens is 366 g/mol. The van der Waals surface area contributed by atoms with Gasteiger partial charge in [0.1, 0.15) is 0 Å². The van der Waals surface area contributed by atoms with E-state index in [1.54, 1.807) is 81.0 Å². The van der Waals surface area contributed by atoms with Crippen LogP contribution in [0.1, 0.15) is 21.5 Å². The van der Waals surface area contributed by atoms with Gasteiger partial charge in [-0.15, -0.1) is 0 Å². The topological polar surface area (TPSA) is 64.6 Å². The fourth-order valence-corrected chi connectivity index (χ4v) is 2.84. The second kappa shape index (κ2) is 9.37. The number of amides is 1. The van der Waals surface area contributed by atoms with E-state index in [9.17, 15) is 9.59 Å². The zero-order valence-corrected chi connectivity index (χ0v) is 16.2. The molecule has 1 amide bonds. The Kier molecular flexibility index (Phi) is 6.43. The Hall–Kier alpha value is -3.86. The maximum atomic E-state index is 12.8. The third-order valence-electron chi connectivity index (χ3n) is 4.30. The number of methoxy groups -OCH3 is 2. The Balaban J connectivity index is 1.76. The van der Waals surface area contributed by atoms with Crippen molar-refractivity contribution < 1.29 is 19.1 Å². The molecular formula is C24H21NO4. The van der Waals surface area contributed by atoms with Crippen LogP contribution in [0.15, 0.2) is 78.9 Å². The molecule has 5 heteroatoms. The Morgan fingerprint density at radius 1 is 0.828 bits per heavy atom. The highest BCUT2D eigenvalue weighted by atomic mass is 16.5. The van der Waals surface area contributed by atoms with Gasteiger partial charge in [-0.2, -0.15) is 0 Å². The first kappa shape index (κ1) is 19.9. The molecule has 0 saturated heterocycles. The number of carbonyl (C=O) groups excluding carboxylic acids is 2. The maximum Gasteiger partial charge on any atom is 0.248 e. The minimum absolute atomic E-state index is 0.148. The highest BCUT2D eigenvalue weighted by molar-refractivity contribution is 6.14. The quantitative estimate of drug-likeness (QED) is 0.476. The predicted molar refractivity (Wildman–Crippen MR) is 114 cm³/mol. The fraction of sp³-hybridized carbons (Fsp3) is 0.0833. The number of benzene rings is 3. The average Bonchev–Trinajstić information content (AvgIpc) is 2.78. The molecule has 0 aliphatic rings. The van der Waals surface area contributed by atoms with Crippen molar-refractivity contribution in [3.63, 3.8) is 0 Å². The number of ether oxygens (including phenoxy) is 2. The first-order valence-corrected chi connectivity index (χ1v) is 9.02. The molecule has 0 aromatic heterocycles. The van der Waals surface area contributed by atoms with E-state index in [-0.39, 0.29) is 11.7 Å². The summed E-state index contributed by atoms with van der Waals surface area (Å²) in [5.41, 5.74) is 2.25. The molecule has 3 rings (SSSR count). The second-order valence-electron chi connectivity index (χ2n) is 6.18. The third kappa shape index (κ3) is 4.90. The molecule has 1 N–H and O–H groups in total. The molecule has 0 saturated carbocycles. The summed E-state index contributed by atoms with van der Waals surface area (Å²) in [5, 5.41) is 2.78. The van der Waals surface area contributed by atoms with Crippen LogP contribution < -0.4 is 14.8 Å².